The molecule has 0 aromatic rings. The van der Waals surface area contributed by atoms with Gasteiger partial charge in [0.1, 0.15) is 0 Å². The van der Waals surface area contributed by atoms with Gasteiger partial charge in [0.05, 0.1) is 19.3 Å². The fraction of sp³-hybridized carbons (Fsp3) is 1.00. The maximum Gasteiger partial charge on any atom is 0.0847 e. The largest absolute Gasteiger partial charge is 0.394 e. The summed E-state index contributed by atoms with van der Waals surface area (Å²) in [5.74, 6) is 0. The van der Waals surface area contributed by atoms with Gasteiger partial charge in [-0.1, -0.05) is 0 Å². The van der Waals surface area contributed by atoms with Crippen LogP contribution in [0.25, 0.3) is 0 Å². The SMILES string of the molecule is [O]CC[C@@H](O)CO. The summed E-state index contributed by atoms with van der Waals surface area (Å²) in [7, 11) is 0. The quantitative estimate of drug-likeness (QED) is 0.491. The zero-order valence-electron chi connectivity index (χ0n) is 4.00. The molecule has 0 unspecified atom stereocenters. The average molecular weight is 105 g/mol. The topological polar surface area (TPSA) is 60.4 Å². The Morgan fingerprint density at radius 2 is 2.14 bits per heavy atom. The molecule has 0 aliphatic rings. The van der Waals surface area contributed by atoms with E-state index in [0.717, 1.165) is 0 Å². The summed E-state index contributed by atoms with van der Waals surface area (Å²) in [6.07, 6.45) is -0.659. The van der Waals surface area contributed by atoms with E-state index in [0.29, 0.717) is 0 Å². The van der Waals surface area contributed by atoms with E-state index in [9.17, 15) is 5.11 Å². The molecule has 0 heterocycles. The normalized spacial score (nSPS) is 14.1. The highest BCUT2D eigenvalue weighted by Gasteiger charge is 1.97. The van der Waals surface area contributed by atoms with Gasteiger partial charge in [-0.05, 0) is 0 Å². The highest BCUT2D eigenvalue weighted by atomic mass is 16.3. The van der Waals surface area contributed by atoms with Crippen LogP contribution in [0.15, 0.2) is 0 Å². The van der Waals surface area contributed by atoms with Gasteiger partial charge in [-0.25, -0.2) is 5.11 Å². The molecule has 3 heteroatoms. The van der Waals surface area contributed by atoms with Crippen molar-refractivity contribution in [1.82, 2.24) is 0 Å². The van der Waals surface area contributed by atoms with E-state index < -0.39 is 6.10 Å². The Morgan fingerprint density at radius 3 is 2.29 bits per heavy atom. The van der Waals surface area contributed by atoms with Crippen molar-refractivity contribution in [3.8, 4) is 0 Å². The highest BCUT2D eigenvalue weighted by molar-refractivity contribution is 4.48. The predicted octanol–water partition coefficient (Wildman–Crippen LogP) is -0.840. The van der Waals surface area contributed by atoms with Crippen molar-refractivity contribution in [2.75, 3.05) is 13.2 Å². The molecule has 0 rings (SSSR count). The molecule has 3 nitrogen and oxygen atoms in total. The van der Waals surface area contributed by atoms with Crippen LogP contribution >= 0.6 is 0 Å². The molecular formula is C4H9O3. The summed E-state index contributed by atoms with van der Waals surface area (Å²) in [5, 5.41) is 26.1. The Morgan fingerprint density at radius 1 is 1.57 bits per heavy atom. The van der Waals surface area contributed by atoms with Gasteiger partial charge in [-0.2, -0.15) is 0 Å². The van der Waals surface area contributed by atoms with E-state index >= 15 is 0 Å². The minimum Gasteiger partial charge on any atom is -0.394 e. The van der Waals surface area contributed by atoms with Gasteiger partial charge >= 0.3 is 0 Å². The molecule has 1 atom stereocenters. The molecule has 0 aromatic heterocycles. The van der Waals surface area contributed by atoms with Crippen LogP contribution in [0.2, 0.25) is 0 Å². The van der Waals surface area contributed by atoms with Gasteiger partial charge in [0, 0.05) is 6.42 Å². The van der Waals surface area contributed by atoms with Crippen molar-refractivity contribution in [3.63, 3.8) is 0 Å². The first-order chi connectivity index (χ1) is 3.31. The number of aliphatic hydroxyl groups excluding tert-OH is 2. The zero-order valence-corrected chi connectivity index (χ0v) is 4.00. The fourth-order valence-corrected chi connectivity index (χ4v) is 0.227. The Labute approximate surface area is 42.2 Å². The van der Waals surface area contributed by atoms with E-state index in [1.807, 2.05) is 0 Å². The van der Waals surface area contributed by atoms with E-state index in [1.165, 1.54) is 0 Å². The van der Waals surface area contributed by atoms with E-state index in [4.69, 9.17) is 10.2 Å². The van der Waals surface area contributed by atoms with E-state index in [2.05, 4.69) is 0 Å². The molecule has 0 saturated carbocycles. The van der Waals surface area contributed by atoms with Crippen LogP contribution in [0.3, 0.4) is 0 Å². The van der Waals surface area contributed by atoms with Gasteiger partial charge in [-0.3, -0.25) is 0 Å². The Balaban J connectivity index is 2.83. The lowest BCUT2D eigenvalue weighted by Gasteiger charge is -1.99. The first-order valence-electron chi connectivity index (χ1n) is 2.18. The first kappa shape index (κ1) is 6.88. The molecule has 0 amide bonds. The number of rotatable bonds is 3. The Hall–Kier alpha value is -0.120. The molecule has 0 bridgehead atoms. The highest BCUT2D eigenvalue weighted by Crippen LogP contribution is 1.85. The van der Waals surface area contributed by atoms with Gasteiger partial charge in [0.15, 0.2) is 0 Å². The van der Waals surface area contributed by atoms with Crippen molar-refractivity contribution in [2.45, 2.75) is 12.5 Å². The summed E-state index contributed by atoms with van der Waals surface area (Å²) < 4.78 is 0. The van der Waals surface area contributed by atoms with Crippen LogP contribution in [0.4, 0.5) is 0 Å². The minimum atomic E-state index is -0.808. The molecule has 7 heavy (non-hydrogen) atoms. The average Bonchev–Trinajstić information content (AvgIpc) is 1.68. The van der Waals surface area contributed by atoms with Crippen LogP contribution in [-0.4, -0.2) is 29.5 Å². The predicted molar refractivity (Wildman–Crippen MR) is 23.3 cm³/mol. The molecule has 0 spiro atoms. The van der Waals surface area contributed by atoms with Crippen LogP contribution in [0.5, 0.6) is 0 Å². The number of hydrogen-bond acceptors (Lipinski definition) is 2. The lowest BCUT2D eigenvalue weighted by Crippen LogP contribution is -2.12. The maximum atomic E-state index is 9.63. The third-order valence-corrected chi connectivity index (χ3v) is 0.662. The minimum absolute atomic E-state index is 0.149. The summed E-state index contributed by atoms with van der Waals surface area (Å²) >= 11 is 0. The fourth-order valence-electron chi connectivity index (χ4n) is 0.227. The third kappa shape index (κ3) is 3.72. The molecule has 0 aliphatic heterocycles. The van der Waals surface area contributed by atoms with E-state index in [1.54, 1.807) is 0 Å². The van der Waals surface area contributed by atoms with Crippen molar-refractivity contribution >= 4 is 0 Å². The van der Waals surface area contributed by atoms with Crippen LogP contribution in [0.1, 0.15) is 6.42 Å². The number of aliphatic hydroxyl groups is 2. The van der Waals surface area contributed by atoms with Crippen molar-refractivity contribution in [3.05, 3.63) is 0 Å². The first-order valence-corrected chi connectivity index (χ1v) is 2.18. The second-order valence-corrected chi connectivity index (χ2v) is 1.33. The molecule has 43 valence electrons. The Bertz CT molecular complexity index is 37.9. The van der Waals surface area contributed by atoms with Crippen molar-refractivity contribution in [1.29, 1.82) is 0 Å². The number of hydrogen-bond donors (Lipinski definition) is 2. The van der Waals surface area contributed by atoms with Gasteiger partial charge in [0.2, 0.25) is 0 Å². The van der Waals surface area contributed by atoms with Gasteiger partial charge in [-0.15, -0.1) is 0 Å². The molecule has 1 radical (unpaired) electrons. The molecule has 0 aromatic carbocycles. The summed E-state index contributed by atoms with van der Waals surface area (Å²) in [6.45, 7) is -0.621. The summed E-state index contributed by atoms with van der Waals surface area (Å²) in [5.41, 5.74) is 0. The second kappa shape index (κ2) is 4.05. The second-order valence-electron chi connectivity index (χ2n) is 1.33. The standard InChI is InChI=1S/C4H9O3/c5-2-1-4(7)3-6/h4,6-7H,1-3H2/t4-/m1/s1. The van der Waals surface area contributed by atoms with Crippen LogP contribution in [-0.2, 0) is 5.11 Å². The molecule has 0 fully saturated rings. The van der Waals surface area contributed by atoms with Crippen molar-refractivity contribution in [2.24, 2.45) is 0 Å². The third-order valence-electron chi connectivity index (χ3n) is 0.662. The van der Waals surface area contributed by atoms with E-state index in [-0.39, 0.29) is 19.6 Å². The monoisotopic (exact) mass is 105 g/mol. The van der Waals surface area contributed by atoms with Crippen LogP contribution in [0, 0.1) is 0 Å². The molecule has 0 aliphatic carbocycles. The molecular weight excluding hydrogens is 96.0 g/mol. The van der Waals surface area contributed by atoms with Gasteiger partial charge < -0.3 is 10.2 Å². The lowest BCUT2D eigenvalue weighted by atomic mass is 10.3. The zero-order chi connectivity index (χ0) is 5.70. The smallest absolute Gasteiger partial charge is 0.0847 e. The van der Waals surface area contributed by atoms with Gasteiger partial charge in [0.25, 0.3) is 0 Å². The lowest BCUT2D eigenvalue weighted by molar-refractivity contribution is 0.0583. The molecule has 0 saturated heterocycles. The summed E-state index contributed by atoms with van der Waals surface area (Å²) in [6, 6.07) is 0. The summed E-state index contributed by atoms with van der Waals surface area (Å²) in [4.78, 5) is 0. The van der Waals surface area contributed by atoms with Crippen LogP contribution < -0.4 is 0 Å². The Kier molecular flexibility index (Phi) is 3.98. The van der Waals surface area contributed by atoms with Crippen molar-refractivity contribution < 1.29 is 15.3 Å². The maximum absolute atomic E-state index is 9.63. The molecule has 2 N–H and O–H groups in total.